The molecule has 0 saturated carbocycles. The molecule has 0 amide bonds. The molecule has 0 aromatic carbocycles. The van der Waals surface area contributed by atoms with Gasteiger partial charge in [-0.25, -0.2) is 0 Å². The molecule has 0 heterocycles. The molecular weight excluding hydrogens is 258 g/mol. The van der Waals surface area contributed by atoms with E-state index in [2.05, 4.69) is 3.45 Å². The van der Waals surface area contributed by atoms with Crippen molar-refractivity contribution < 1.29 is 55.6 Å². The van der Waals surface area contributed by atoms with Crippen molar-refractivity contribution in [3.8, 4) is 0 Å². The van der Waals surface area contributed by atoms with Crippen LogP contribution in [0.3, 0.4) is 0 Å². The number of phosphoric acid groups is 1. The van der Waals surface area contributed by atoms with Crippen LogP contribution in [-0.4, -0.2) is 27.3 Å². The van der Waals surface area contributed by atoms with Crippen LogP contribution in [0, 0.1) is 0 Å². The standard InChI is InChI=1S/H3O4P.H2O4S.O.V/c2*1-5(2,3)4;;/h(H3,1,2,3,4);(H2,1,2,3,4);;/q;;;+1/p-1. The Bertz CT molecular complexity index is 248. The molecule has 0 fully saturated rings. The fourth-order valence-corrected chi connectivity index (χ4v) is 0.537. The van der Waals surface area contributed by atoms with Crippen LogP contribution in [0.5, 0.6) is 0 Å². The first-order valence-electron chi connectivity index (χ1n) is 1.83. The Morgan fingerprint density at radius 2 is 1.50 bits per heavy atom. The summed E-state index contributed by atoms with van der Waals surface area (Å²) in [6.07, 6.45) is 0. The summed E-state index contributed by atoms with van der Waals surface area (Å²) >= 11 is -1.88. The third kappa shape index (κ3) is 47.7. The second-order valence-corrected chi connectivity index (χ2v) is 4.13. The Labute approximate surface area is 74.2 Å². The summed E-state index contributed by atoms with van der Waals surface area (Å²) in [6.45, 7) is 0. The molecule has 0 radical (unpaired) electrons. The van der Waals surface area contributed by atoms with E-state index in [1.165, 1.54) is 0 Å². The van der Waals surface area contributed by atoms with E-state index in [1.54, 1.807) is 0 Å². The fraction of sp³-hybridized carbons (Fsp3) is 0. The Balaban J connectivity index is 0. The first kappa shape index (κ1) is 14.9. The summed E-state index contributed by atoms with van der Waals surface area (Å²) in [5, 5.41) is 0. The minimum absolute atomic E-state index is 1.88. The van der Waals surface area contributed by atoms with E-state index in [4.69, 9.17) is 27.3 Å². The van der Waals surface area contributed by atoms with Crippen molar-refractivity contribution in [2.75, 3.05) is 0 Å². The average molecular weight is 262 g/mol. The molecule has 9 nitrogen and oxygen atoms in total. The molecule has 0 atom stereocenters. The summed E-state index contributed by atoms with van der Waals surface area (Å²) in [5.74, 6) is 0. The van der Waals surface area contributed by atoms with E-state index in [-0.39, 0.29) is 0 Å². The predicted molar refractivity (Wildman–Crippen MR) is 28.0 cm³/mol. The van der Waals surface area contributed by atoms with Gasteiger partial charge in [-0.1, -0.05) is 0 Å². The van der Waals surface area contributed by atoms with Crippen LogP contribution < -0.4 is 0 Å². The molecule has 0 aliphatic heterocycles. The van der Waals surface area contributed by atoms with Crippen LogP contribution in [0.15, 0.2) is 0 Å². The van der Waals surface area contributed by atoms with Gasteiger partial charge in [-0.15, -0.1) is 0 Å². The van der Waals surface area contributed by atoms with Crippen molar-refractivity contribution >= 4 is 18.2 Å². The Morgan fingerprint density at radius 3 is 1.50 bits per heavy atom. The second kappa shape index (κ2) is 5.92. The maximum atomic E-state index is 9.53. The molecule has 74 valence electrons. The summed E-state index contributed by atoms with van der Waals surface area (Å²) in [7, 11) is -9.10. The first-order chi connectivity index (χ1) is 5.06. The van der Waals surface area contributed by atoms with Gasteiger partial charge in [0.1, 0.15) is 0 Å². The van der Waals surface area contributed by atoms with Crippen molar-refractivity contribution in [1.29, 1.82) is 0 Å². The van der Waals surface area contributed by atoms with Crippen molar-refractivity contribution in [3.63, 3.8) is 0 Å². The van der Waals surface area contributed by atoms with E-state index < -0.39 is 34.8 Å². The van der Waals surface area contributed by atoms with Crippen LogP contribution >= 0.6 is 7.82 Å². The van der Waals surface area contributed by atoms with Crippen molar-refractivity contribution in [3.05, 3.63) is 0 Å². The van der Waals surface area contributed by atoms with Gasteiger partial charge in [-0.05, 0) is 0 Å². The Hall–Kier alpha value is 0.364. The zero-order valence-corrected chi connectivity index (χ0v) is 8.24. The molecule has 0 aromatic rings. The van der Waals surface area contributed by atoms with Gasteiger partial charge >= 0.3 is 56.3 Å². The molecule has 0 spiro atoms. The topological polar surface area (TPSA) is 158 Å². The average Bonchev–Trinajstić information content (AvgIpc) is 1.54. The van der Waals surface area contributed by atoms with Gasteiger partial charge in [0.2, 0.25) is 0 Å². The van der Waals surface area contributed by atoms with Gasteiger partial charge in [0, 0.05) is 0 Å². The van der Waals surface area contributed by atoms with E-state index in [0.29, 0.717) is 0 Å². The quantitative estimate of drug-likeness (QED) is 0.353. The third-order valence-electron chi connectivity index (χ3n) is 0.140. The first-order valence-corrected chi connectivity index (χ1v) is 5.90. The molecule has 0 aromatic heterocycles. The summed E-state index contributed by atoms with van der Waals surface area (Å²) < 4.78 is 53.9. The molecule has 0 aliphatic rings. The Kier molecular flexibility index (Phi) is 7.33. The minimum atomic E-state index is -4.67. The van der Waals surface area contributed by atoms with E-state index in [9.17, 15) is 8.24 Å². The molecule has 0 rings (SSSR count). The van der Waals surface area contributed by atoms with Gasteiger partial charge < -0.3 is 0 Å². The van der Waals surface area contributed by atoms with Gasteiger partial charge in [0.15, 0.2) is 0 Å². The summed E-state index contributed by atoms with van der Waals surface area (Å²) in [4.78, 5) is 15.5. The van der Waals surface area contributed by atoms with Gasteiger partial charge in [0.05, 0.1) is 0 Å². The summed E-state index contributed by atoms with van der Waals surface area (Å²) in [6, 6.07) is 0. The molecular formula is H4O9PSV. The molecule has 0 unspecified atom stereocenters. The summed E-state index contributed by atoms with van der Waals surface area (Å²) in [5.41, 5.74) is 0. The Morgan fingerprint density at radius 1 is 1.25 bits per heavy atom. The SMILES string of the molecule is O=S(=O)(O)O.[O]=[V][O]P(=O)(O)O. The monoisotopic (exact) mass is 262 g/mol. The predicted octanol–water partition coefficient (Wildman–Crippen LogP) is -1.21. The molecule has 12 heavy (non-hydrogen) atoms. The second-order valence-electron chi connectivity index (χ2n) is 1.09. The van der Waals surface area contributed by atoms with Crippen molar-refractivity contribution in [1.82, 2.24) is 0 Å². The van der Waals surface area contributed by atoms with Crippen molar-refractivity contribution in [2.24, 2.45) is 0 Å². The van der Waals surface area contributed by atoms with E-state index in [0.717, 1.165) is 0 Å². The molecule has 4 N–H and O–H groups in total. The third-order valence-corrected chi connectivity index (χ3v) is 1.73. The van der Waals surface area contributed by atoms with Gasteiger partial charge in [-0.3, -0.25) is 9.11 Å². The van der Waals surface area contributed by atoms with Gasteiger partial charge in [0.25, 0.3) is 0 Å². The van der Waals surface area contributed by atoms with Crippen LogP contribution in [-0.2, 0) is 38.7 Å². The van der Waals surface area contributed by atoms with Crippen LogP contribution in [0.25, 0.3) is 0 Å². The zero-order chi connectivity index (χ0) is 10.4. The maximum absolute atomic E-state index is 9.53. The zero-order valence-electron chi connectivity index (χ0n) is 5.13. The fourth-order valence-electron chi connectivity index (χ4n) is 0.0434. The van der Waals surface area contributed by atoms with E-state index in [1.807, 2.05) is 0 Å². The van der Waals surface area contributed by atoms with Crippen molar-refractivity contribution in [2.45, 2.75) is 0 Å². The number of hydrogen-bond acceptors (Lipinski definition) is 5. The van der Waals surface area contributed by atoms with Gasteiger partial charge in [-0.2, -0.15) is 8.42 Å². The van der Waals surface area contributed by atoms with Crippen LogP contribution in [0.2, 0.25) is 0 Å². The molecule has 0 saturated heterocycles. The number of hydrogen-bond donors (Lipinski definition) is 4. The molecule has 12 heteroatoms. The van der Waals surface area contributed by atoms with E-state index >= 15 is 0 Å². The molecule has 0 bridgehead atoms. The van der Waals surface area contributed by atoms with Crippen LogP contribution in [0.1, 0.15) is 0 Å². The number of rotatable bonds is 2. The van der Waals surface area contributed by atoms with Crippen LogP contribution in [0.4, 0.5) is 0 Å². The normalized spacial score (nSPS) is 11.3. The molecule has 0 aliphatic carbocycles.